The van der Waals surface area contributed by atoms with E-state index in [-0.39, 0.29) is 17.9 Å². The quantitative estimate of drug-likeness (QED) is 0.697. The fourth-order valence-corrected chi connectivity index (χ4v) is 5.26. The molecule has 0 saturated heterocycles. The van der Waals surface area contributed by atoms with Crippen molar-refractivity contribution < 1.29 is 14.3 Å². The number of methoxy groups -OCH3 is 1. The molecule has 2 amide bonds. The maximum atomic E-state index is 13.8. The topological polar surface area (TPSA) is 63.6 Å². The van der Waals surface area contributed by atoms with Crippen LogP contribution in [0.2, 0.25) is 0 Å². The number of hydrogen-bond acceptors (Lipinski definition) is 3. The smallest absolute Gasteiger partial charge is 0.271 e. The first-order valence-corrected chi connectivity index (χ1v) is 12.3. The summed E-state index contributed by atoms with van der Waals surface area (Å²) in [7, 11) is 1.64. The van der Waals surface area contributed by atoms with Crippen LogP contribution in [0, 0.1) is 0 Å². The van der Waals surface area contributed by atoms with E-state index in [1.165, 1.54) is 19.3 Å². The van der Waals surface area contributed by atoms with E-state index < -0.39 is 5.54 Å². The Morgan fingerprint density at radius 3 is 2.56 bits per heavy atom. The average molecular weight is 440 g/mol. The van der Waals surface area contributed by atoms with Gasteiger partial charge < -0.3 is 19.5 Å². The molecule has 2 heterocycles. The first-order chi connectivity index (χ1) is 15.5. The number of carbonyl (C=O) groups excluding carboxylic acids is 2. The van der Waals surface area contributed by atoms with Crippen LogP contribution in [0.25, 0.3) is 10.9 Å². The summed E-state index contributed by atoms with van der Waals surface area (Å²) in [5.74, 6) is 0.665. The highest BCUT2D eigenvalue weighted by atomic mass is 16.5. The SMILES string of the molecule is CCCCN1C(=O)c2cc3ccc(OC)cc3n2C[C@]1(C)C(=O)NC1CCCCCCC1. The van der Waals surface area contributed by atoms with Crippen molar-refractivity contribution in [2.75, 3.05) is 13.7 Å². The fourth-order valence-electron chi connectivity index (χ4n) is 5.26. The Balaban J connectivity index is 1.68. The minimum atomic E-state index is -0.920. The van der Waals surface area contributed by atoms with Gasteiger partial charge in [0.1, 0.15) is 17.0 Å². The van der Waals surface area contributed by atoms with Crippen molar-refractivity contribution >= 4 is 22.7 Å². The maximum Gasteiger partial charge on any atom is 0.271 e. The number of benzene rings is 1. The summed E-state index contributed by atoms with van der Waals surface area (Å²) in [5.41, 5.74) is 0.671. The molecule has 1 N–H and O–H groups in total. The standard InChI is InChI=1S/C26H37N3O3/c1-4-5-15-29-24(30)23-16-19-13-14-21(32-3)17-22(19)28(23)18-26(29,2)25(31)27-20-11-9-7-6-8-10-12-20/h13-14,16-17,20H,4-12,15,18H2,1-3H3,(H,27,31)/t26-/m1/s1. The predicted octanol–water partition coefficient (Wildman–Crippen LogP) is 4.89. The lowest BCUT2D eigenvalue weighted by molar-refractivity contribution is -0.133. The molecular weight excluding hydrogens is 402 g/mol. The minimum Gasteiger partial charge on any atom is -0.497 e. The van der Waals surface area contributed by atoms with E-state index >= 15 is 0 Å². The number of nitrogens with one attached hydrogen (secondary N) is 1. The van der Waals surface area contributed by atoms with E-state index in [2.05, 4.69) is 12.2 Å². The lowest BCUT2D eigenvalue weighted by Gasteiger charge is -2.44. The monoisotopic (exact) mass is 439 g/mol. The van der Waals surface area contributed by atoms with Gasteiger partial charge in [0.25, 0.3) is 5.91 Å². The second kappa shape index (κ2) is 9.55. The molecule has 1 aliphatic heterocycles. The van der Waals surface area contributed by atoms with Gasteiger partial charge in [-0.2, -0.15) is 0 Å². The molecule has 0 spiro atoms. The van der Waals surface area contributed by atoms with Crippen molar-refractivity contribution in [3.8, 4) is 5.75 Å². The van der Waals surface area contributed by atoms with Crippen molar-refractivity contribution in [3.05, 3.63) is 30.0 Å². The number of nitrogens with zero attached hydrogens (tertiary/aromatic N) is 2. The number of rotatable bonds is 6. The van der Waals surface area contributed by atoms with Gasteiger partial charge in [-0.25, -0.2) is 0 Å². The Bertz CT molecular complexity index is 974. The van der Waals surface area contributed by atoms with Gasteiger partial charge in [-0.1, -0.05) is 45.4 Å². The molecule has 2 aromatic rings. The van der Waals surface area contributed by atoms with Gasteiger partial charge in [0, 0.05) is 24.0 Å². The Morgan fingerprint density at radius 2 is 1.88 bits per heavy atom. The molecule has 1 atom stereocenters. The molecule has 6 nitrogen and oxygen atoms in total. The van der Waals surface area contributed by atoms with Crippen molar-refractivity contribution in [1.29, 1.82) is 0 Å². The summed E-state index contributed by atoms with van der Waals surface area (Å²) in [4.78, 5) is 29.2. The van der Waals surface area contributed by atoms with Crippen molar-refractivity contribution in [2.24, 2.45) is 0 Å². The van der Waals surface area contributed by atoms with Crippen molar-refractivity contribution in [1.82, 2.24) is 14.8 Å². The van der Waals surface area contributed by atoms with E-state index in [9.17, 15) is 9.59 Å². The third kappa shape index (κ3) is 4.24. The first-order valence-electron chi connectivity index (χ1n) is 12.3. The van der Waals surface area contributed by atoms with Crippen LogP contribution in [0.4, 0.5) is 0 Å². The predicted molar refractivity (Wildman–Crippen MR) is 127 cm³/mol. The molecule has 4 rings (SSSR count). The molecule has 1 aliphatic carbocycles. The molecule has 0 radical (unpaired) electrons. The first kappa shape index (κ1) is 22.7. The highest BCUT2D eigenvalue weighted by Crippen LogP contribution is 2.34. The number of fused-ring (bicyclic) bond motifs is 3. The van der Waals surface area contributed by atoms with E-state index in [0.717, 1.165) is 55.2 Å². The summed E-state index contributed by atoms with van der Waals surface area (Å²) >= 11 is 0. The molecule has 6 heteroatoms. The summed E-state index contributed by atoms with van der Waals surface area (Å²) in [6.45, 7) is 5.10. The molecule has 174 valence electrons. The van der Waals surface area contributed by atoms with Crippen molar-refractivity contribution in [3.63, 3.8) is 0 Å². The van der Waals surface area contributed by atoms with Gasteiger partial charge in [0.2, 0.25) is 5.91 Å². The molecule has 1 saturated carbocycles. The lowest BCUT2D eigenvalue weighted by atomic mass is 9.92. The zero-order valence-electron chi connectivity index (χ0n) is 19.8. The molecule has 0 unspecified atom stereocenters. The zero-order chi connectivity index (χ0) is 22.7. The minimum absolute atomic E-state index is 0.0251. The van der Waals surface area contributed by atoms with Crippen LogP contribution in [-0.2, 0) is 11.3 Å². The normalized spacial score (nSPS) is 22.3. The van der Waals surface area contributed by atoms with Crippen LogP contribution in [0.15, 0.2) is 24.3 Å². The second-order valence-electron chi connectivity index (χ2n) is 9.64. The number of hydrogen-bond donors (Lipinski definition) is 1. The largest absolute Gasteiger partial charge is 0.497 e. The van der Waals surface area contributed by atoms with Crippen LogP contribution < -0.4 is 10.1 Å². The van der Waals surface area contributed by atoms with Crippen molar-refractivity contribution in [2.45, 2.75) is 89.8 Å². The second-order valence-corrected chi connectivity index (χ2v) is 9.64. The lowest BCUT2D eigenvalue weighted by Crippen LogP contribution is -2.65. The van der Waals surface area contributed by atoms with Crippen LogP contribution in [0.1, 0.15) is 82.1 Å². The molecule has 1 fully saturated rings. The van der Waals surface area contributed by atoms with Gasteiger partial charge in [-0.15, -0.1) is 0 Å². The number of carbonyl (C=O) groups is 2. The molecule has 2 aliphatic rings. The third-order valence-electron chi connectivity index (χ3n) is 7.30. The van der Waals surface area contributed by atoms with Gasteiger partial charge in [-0.3, -0.25) is 9.59 Å². The summed E-state index contributed by atoms with van der Waals surface area (Å²) in [6, 6.07) is 8.00. The fraction of sp³-hybridized carbons (Fsp3) is 0.615. The van der Waals surface area contributed by atoms with E-state index in [1.54, 1.807) is 7.11 Å². The number of ether oxygens (including phenoxy) is 1. The Kier molecular flexibility index (Phi) is 6.77. The van der Waals surface area contributed by atoms with Crippen LogP contribution in [0.5, 0.6) is 5.75 Å². The van der Waals surface area contributed by atoms with Gasteiger partial charge in [0.05, 0.1) is 19.2 Å². The Labute approximate surface area is 191 Å². The molecular formula is C26H37N3O3. The van der Waals surface area contributed by atoms with Crippen LogP contribution in [-0.4, -0.2) is 46.5 Å². The molecule has 0 bridgehead atoms. The number of unbranched alkanes of at least 4 members (excludes halogenated alkanes) is 1. The maximum absolute atomic E-state index is 13.8. The molecule has 32 heavy (non-hydrogen) atoms. The van der Waals surface area contributed by atoms with Gasteiger partial charge >= 0.3 is 0 Å². The number of amides is 2. The Hall–Kier alpha value is -2.50. The van der Waals surface area contributed by atoms with E-state index in [1.807, 2.05) is 40.7 Å². The average Bonchev–Trinajstić information content (AvgIpc) is 3.13. The van der Waals surface area contributed by atoms with Gasteiger partial charge in [-0.05, 0) is 44.4 Å². The van der Waals surface area contributed by atoms with E-state index in [4.69, 9.17) is 4.74 Å². The molecule has 1 aromatic heterocycles. The zero-order valence-corrected chi connectivity index (χ0v) is 19.8. The highest BCUT2D eigenvalue weighted by molar-refractivity contribution is 6.03. The summed E-state index contributed by atoms with van der Waals surface area (Å²) < 4.78 is 7.43. The Morgan fingerprint density at radius 1 is 1.16 bits per heavy atom. The van der Waals surface area contributed by atoms with Gasteiger partial charge in [0.15, 0.2) is 0 Å². The summed E-state index contributed by atoms with van der Waals surface area (Å²) in [5, 5.41) is 4.34. The van der Waals surface area contributed by atoms with Crippen LogP contribution >= 0.6 is 0 Å². The highest BCUT2D eigenvalue weighted by Gasteiger charge is 2.47. The molecule has 1 aromatic carbocycles. The van der Waals surface area contributed by atoms with E-state index in [0.29, 0.717) is 18.8 Å². The summed E-state index contributed by atoms with van der Waals surface area (Å²) in [6.07, 6.45) is 10.0. The van der Waals surface area contributed by atoms with Crippen LogP contribution in [0.3, 0.4) is 0 Å². The third-order valence-corrected chi connectivity index (χ3v) is 7.30. The number of aromatic nitrogens is 1.